The average molecular weight is 436 g/mol. The van der Waals surface area contributed by atoms with Crippen LogP contribution < -0.4 is 16.0 Å². The quantitative estimate of drug-likeness (QED) is 0.644. The highest BCUT2D eigenvalue weighted by Crippen LogP contribution is 2.57. The molecular formula is C23H26FN7O. The lowest BCUT2D eigenvalue weighted by Gasteiger charge is -2.24. The topological polar surface area (TPSA) is 109 Å². The number of hydrogen-bond donors (Lipinski definition) is 2. The van der Waals surface area contributed by atoms with E-state index in [-0.39, 0.29) is 18.4 Å². The molecule has 1 aliphatic heterocycles. The zero-order chi connectivity index (χ0) is 23.0. The fourth-order valence-corrected chi connectivity index (χ4v) is 4.12. The van der Waals surface area contributed by atoms with E-state index in [1.54, 1.807) is 37.5 Å². The van der Waals surface area contributed by atoms with Crippen LogP contribution in [-0.2, 0) is 10.2 Å². The molecule has 1 atom stereocenters. The molecule has 0 radical (unpaired) electrons. The number of carbonyl (C=O) groups excluding carboxylic acids is 1. The van der Waals surface area contributed by atoms with E-state index >= 15 is 0 Å². The van der Waals surface area contributed by atoms with Crippen molar-refractivity contribution in [1.29, 1.82) is 0 Å². The number of allylic oxidation sites excluding steroid dienone is 1. The minimum atomic E-state index is -0.551. The van der Waals surface area contributed by atoms with E-state index in [1.165, 1.54) is 6.20 Å². The molecule has 1 saturated carbocycles. The summed E-state index contributed by atoms with van der Waals surface area (Å²) in [4.78, 5) is 32.2. The number of aromatic nitrogens is 3. The van der Waals surface area contributed by atoms with Crippen molar-refractivity contribution in [1.82, 2.24) is 15.0 Å². The summed E-state index contributed by atoms with van der Waals surface area (Å²) < 4.78 is 13.5. The predicted molar refractivity (Wildman–Crippen MR) is 124 cm³/mol. The molecule has 4 rings (SSSR count). The Kier molecular flexibility index (Phi) is 5.50. The van der Waals surface area contributed by atoms with E-state index in [1.807, 2.05) is 13.0 Å². The van der Waals surface area contributed by atoms with Crippen LogP contribution in [-0.4, -0.2) is 40.2 Å². The fourth-order valence-electron chi connectivity index (χ4n) is 4.12. The lowest BCUT2D eigenvalue weighted by molar-refractivity contribution is -0.120. The van der Waals surface area contributed by atoms with Gasteiger partial charge >= 0.3 is 0 Å². The highest BCUT2D eigenvalue weighted by molar-refractivity contribution is 6.10. The number of pyridine rings is 1. The molecule has 0 bridgehead atoms. The van der Waals surface area contributed by atoms with Gasteiger partial charge in [0.05, 0.1) is 28.8 Å². The van der Waals surface area contributed by atoms with Gasteiger partial charge in [-0.15, -0.1) is 0 Å². The van der Waals surface area contributed by atoms with Crippen molar-refractivity contribution >= 4 is 35.1 Å². The summed E-state index contributed by atoms with van der Waals surface area (Å²) in [5.74, 6) is 0.381. The lowest BCUT2D eigenvalue weighted by atomic mass is 10.0. The van der Waals surface area contributed by atoms with Gasteiger partial charge in [0.15, 0.2) is 0 Å². The molecule has 3 N–H and O–H groups in total. The predicted octanol–water partition coefficient (Wildman–Crippen LogP) is 3.56. The van der Waals surface area contributed by atoms with E-state index in [0.29, 0.717) is 23.0 Å². The summed E-state index contributed by atoms with van der Waals surface area (Å²) >= 11 is 0. The molecular weight excluding hydrogens is 409 g/mol. The Morgan fingerprint density at radius 1 is 1.44 bits per heavy atom. The molecule has 8 nitrogen and oxygen atoms in total. The third kappa shape index (κ3) is 3.63. The number of fused-ring (bicyclic) bond motifs is 2. The maximum Gasteiger partial charge on any atom is 0.239 e. The van der Waals surface area contributed by atoms with E-state index < -0.39 is 11.2 Å². The number of carbonyl (C=O) groups is 1. The Balaban J connectivity index is 1.64. The highest BCUT2D eigenvalue weighted by Gasteiger charge is 2.61. The summed E-state index contributed by atoms with van der Waals surface area (Å²) in [6.45, 7) is 7.08. The molecule has 3 heterocycles. The Morgan fingerprint density at radius 3 is 2.78 bits per heavy atom. The van der Waals surface area contributed by atoms with Crippen LogP contribution in [0.3, 0.4) is 0 Å². The normalized spacial score (nSPS) is 17.7. The van der Waals surface area contributed by atoms with Gasteiger partial charge in [-0.05, 0) is 38.3 Å². The average Bonchev–Trinajstić information content (AvgIpc) is 3.51. The van der Waals surface area contributed by atoms with E-state index in [9.17, 15) is 9.18 Å². The van der Waals surface area contributed by atoms with Crippen LogP contribution in [0.1, 0.15) is 43.0 Å². The van der Waals surface area contributed by atoms with Crippen LogP contribution in [0.2, 0.25) is 0 Å². The Hall–Kier alpha value is -3.62. The van der Waals surface area contributed by atoms with E-state index in [2.05, 4.69) is 31.8 Å². The molecule has 0 aromatic carbocycles. The molecule has 9 heteroatoms. The van der Waals surface area contributed by atoms with Gasteiger partial charge < -0.3 is 11.1 Å². The first kappa shape index (κ1) is 21.6. The molecule has 0 saturated heterocycles. The number of nitrogens with zero attached hydrogens (tertiary/aromatic N) is 5. The summed E-state index contributed by atoms with van der Waals surface area (Å²) in [6.07, 6.45) is 8.07. The molecule has 1 unspecified atom stereocenters. The molecule has 1 spiro atoms. The Bertz CT molecular complexity index is 1150. The monoisotopic (exact) mass is 435 g/mol. The minimum absolute atomic E-state index is 0.0337. The molecule has 32 heavy (non-hydrogen) atoms. The Labute approximate surface area is 186 Å². The second-order valence-corrected chi connectivity index (χ2v) is 8.28. The zero-order valence-corrected chi connectivity index (χ0v) is 18.4. The number of halogens is 1. The number of aliphatic imine (C=N–C) groups is 1. The minimum Gasteiger partial charge on any atom is -0.404 e. The van der Waals surface area contributed by atoms with Gasteiger partial charge in [0.25, 0.3) is 0 Å². The fraction of sp³-hybridized carbons (Fsp3) is 0.348. The summed E-state index contributed by atoms with van der Waals surface area (Å²) in [5, 5.41) is 3.18. The van der Waals surface area contributed by atoms with E-state index in [0.717, 1.165) is 29.7 Å². The van der Waals surface area contributed by atoms with Gasteiger partial charge in [-0.25, -0.2) is 9.37 Å². The first-order valence-electron chi connectivity index (χ1n) is 10.4. The molecule has 1 amide bonds. The smallest absolute Gasteiger partial charge is 0.239 e. The van der Waals surface area contributed by atoms with Crippen LogP contribution in [0.25, 0.3) is 5.57 Å². The van der Waals surface area contributed by atoms with Crippen molar-refractivity contribution in [2.24, 2.45) is 10.7 Å². The SMILES string of the molecule is C=C(F)CC(C)N1C(=O)C2(CC2)c2cnc(Nc3cnc(/C(C=NC)=C/N)cc3C)nc21. The third-order valence-electron chi connectivity index (χ3n) is 5.95. The third-order valence-corrected chi connectivity index (χ3v) is 5.95. The number of amides is 1. The van der Waals surface area contributed by atoms with E-state index in [4.69, 9.17) is 5.73 Å². The maximum absolute atomic E-state index is 13.5. The van der Waals surface area contributed by atoms with Crippen molar-refractivity contribution in [2.75, 3.05) is 17.3 Å². The zero-order valence-electron chi connectivity index (χ0n) is 18.4. The number of rotatable bonds is 7. The number of aryl methyl sites for hydroxylation is 1. The largest absolute Gasteiger partial charge is 0.404 e. The van der Waals surface area contributed by atoms with Crippen LogP contribution in [0.5, 0.6) is 0 Å². The second kappa shape index (κ2) is 8.14. The van der Waals surface area contributed by atoms with Crippen molar-refractivity contribution in [3.63, 3.8) is 0 Å². The van der Waals surface area contributed by atoms with Crippen molar-refractivity contribution in [3.05, 3.63) is 53.9 Å². The van der Waals surface area contributed by atoms with Crippen molar-refractivity contribution in [2.45, 2.75) is 44.6 Å². The summed E-state index contributed by atoms with van der Waals surface area (Å²) in [5.41, 5.74) is 8.98. The number of nitrogens with two attached hydrogens (primary N) is 1. The Morgan fingerprint density at radius 2 is 2.19 bits per heavy atom. The van der Waals surface area contributed by atoms with Crippen molar-refractivity contribution in [3.8, 4) is 0 Å². The van der Waals surface area contributed by atoms with Crippen LogP contribution in [0, 0.1) is 6.92 Å². The van der Waals surface area contributed by atoms with Crippen LogP contribution in [0.15, 0.2) is 42.1 Å². The molecule has 1 aliphatic carbocycles. The summed E-state index contributed by atoms with van der Waals surface area (Å²) in [6, 6.07) is 1.51. The maximum atomic E-state index is 13.5. The van der Waals surface area contributed by atoms with Gasteiger partial charge in [-0.1, -0.05) is 6.58 Å². The molecule has 2 aromatic heterocycles. The number of hydrogen-bond acceptors (Lipinski definition) is 7. The number of anilines is 3. The van der Waals surface area contributed by atoms with Crippen LogP contribution in [0.4, 0.5) is 21.8 Å². The second-order valence-electron chi connectivity index (χ2n) is 8.28. The van der Waals surface area contributed by atoms with Crippen LogP contribution >= 0.6 is 0 Å². The van der Waals surface area contributed by atoms with Gasteiger partial charge in [0.1, 0.15) is 5.82 Å². The first-order valence-corrected chi connectivity index (χ1v) is 10.4. The highest BCUT2D eigenvalue weighted by atomic mass is 19.1. The molecule has 2 aliphatic rings. The molecule has 166 valence electrons. The van der Waals surface area contributed by atoms with Crippen molar-refractivity contribution < 1.29 is 9.18 Å². The van der Waals surface area contributed by atoms with Gasteiger partial charge in [0.2, 0.25) is 11.9 Å². The van der Waals surface area contributed by atoms with Gasteiger partial charge in [-0.2, -0.15) is 4.98 Å². The number of nitrogens with one attached hydrogen (secondary N) is 1. The van der Waals surface area contributed by atoms with Gasteiger partial charge in [0, 0.05) is 49.3 Å². The molecule has 1 fully saturated rings. The molecule has 2 aromatic rings. The lowest BCUT2D eigenvalue weighted by Crippen LogP contribution is -2.39. The first-order chi connectivity index (χ1) is 15.3. The van der Waals surface area contributed by atoms with Gasteiger partial charge in [-0.3, -0.25) is 19.7 Å². The standard InChI is InChI=1S/C23H26FN7O/c1-13-7-18(16(9-25)10-26-4)27-12-19(13)29-22-28-11-17-20(30-22)31(15(3)8-14(2)24)21(32)23(17)5-6-23/h7,9-12,15H,2,5-6,8,25H2,1,3-4H3,(H,28,29,30)/b16-9+,26-10?. The summed E-state index contributed by atoms with van der Waals surface area (Å²) in [7, 11) is 1.67.